The van der Waals surface area contributed by atoms with Crippen molar-refractivity contribution in [2.75, 3.05) is 23.7 Å². The molecule has 0 spiro atoms. The summed E-state index contributed by atoms with van der Waals surface area (Å²) in [5.41, 5.74) is 5.42. The topological polar surface area (TPSA) is 95.5 Å². The quantitative estimate of drug-likeness (QED) is 0.511. The van der Waals surface area contributed by atoms with Crippen molar-refractivity contribution in [2.45, 2.75) is 12.2 Å². The maximum Gasteiger partial charge on any atom is 0.221 e. The van der Waals surface area contributed by atoms with E-state index in [0.29, 0.717) is 18.9 Å². The molecular weight excluding hydrogens is 184 g/mol. The van der Waals surface area contributed by atoms with Crippen LogP contribution < -0.4 is 10.6 Å². The van der Waals surface area contributed by atoms with Crippen molar-refractivity contribution in [2.24, 2.45) is 0 Å². The number of aliphatic hydroxyl groups is 2. The highest BCUT2D eigenvalue weighted by atomic mass is 16.3. The molecule has 1 aromatic rings. The van der Waals surface area contributed by atoms with Crippen LogP contribution in [0.1, 0.15) is 0 Å². The maximum absolute atomic E-state index is 9.33. The van der Waals surface area contributed by atoms with Crippen molar-refractivity contribution in [1.82, 2.24) is 9.97 Å². The van der Waals surface area contributed by atoms with Gasteiger partial charge in [0.15, 0.2) is 0 Å². The summed E-state index contributed by atoms with van der Waals surface area (Å²) in [5, 5.41) is 18.7. The minimum atomic E-state index is -0.716. The predicted octanol–water partition coefficient (Wildman–Crippen LogP) is -1.40. The van der Waals surface area contributed by atoms with E-state index >= 15 is 0 Å². The molecule has 0 radical (unpaired) electrons. The molecule has 1 saturated heterocycles. The average Bonchev–Trinajstić information content (AvgIpc) is 2.47. The summed E-state index contributed by atoms with van der Waals surface area (Å²) < 4.78 is 0. The van der Waals surface area contributed by atoms with Gasteiger partial charge in [-0.1, -0.05) is 0 Å². The van der Waals surface area contributed by atoms with E-state index in [-0.39, 0.29) is 5.95 Å². The zero-order chi connectivity index (χ0) is 10.1. The Bertz CT molecular complexity index is 323. The molecule has 0 aliphatic carbocycles. The fourth-order valence-corrected chi connectivity index (χ4v) is 1.50. The van der Waals surface area contributed by atoms with Gasteiger partial charge in [-0.2, -0.15) is 4.98 Å². The van der Waals surface area contributed by atoms with Crippen molar-refractivity contribution in [1.29, 1.82) is 0 Å². The third-order valence-electron chi connectivity index (χ3n) is 2.24. The van der Waals surface area contributed by atoms with Crippen LogP contribution in [0.2, 0.25) is 0 Å². The molecule has 0 amide bonds. The first kappa shape index (κ1) is 9.17. The fraction of sp³-hybridized carbons (Fsp3) is 0.500. The lowest BCUT2D eigenvalue weighted by atomic mass is 10.3. The standard InChI is InChI=1S/C8H12N4O2/c9-8-10-2-1-7(11-8)12-3-5(13)6(14)4-12/h1-2,5-6,13-14H,3-4H2,(H2,9,10,11). The first-order valence-corrected chi connectivity index (χ1v) is 4.36. The highest BCUT2D eigenvalue weighted by molar-refractivity contribution is 5.42. The molecule has 2 rings (SSSR count). The molecule has 2 heterocycles. The molecule has 6 nitrogen and oxygen atoms in total. The monoisotopic (exact) mass is 196 g/mol. The number of aliphatic hydroxyl groups excluding tert-OH is 2. The summed E-state index contributed by atoms with van der Waals surface area (Å²) >= 11 is 0. The van der Waals surface area contributed by atoms with Gasteiger partial charge in [-0.25, -0.2) is 4.98 Å². The van der Waals surface area contributed by atoms with E-state index in [9.17, 15) is 10.2 Å². The van der Waals surface area contributed by atoms with Gasteiger partial charge in [0.25, 0.3) is 0 Å². The molecule has 4 N–H and O–H groups in total. The van der Waals surface area contributed by atoms with Crippen LogP contribution >= 0.6 is 0 Å². The van der Waals surface area contributed by atoms with Crippen LogP contribution in [0.15, 0.2) is 12.3 Å². The van der Waals surface area contributed by atoms with Crippen LogP contribution in [0.25, 0.3) is 0 Å². The molecule has 1 aliphatic rings. The number of nitrogens with two attached hydrogens (primary N) is 1. The maximum atomic E-state index is 9.33. The largest absolute Gasteiger partial charge is 0.389 e. The Labute approximate surface area is 81.0 Å². The lowest BCUT2D eigenvalue weighted by molar-refractivity contribution is 0.0572. The zero-order valence-corrected chi connectivity index (χ0v) is 7.54. The van der Waals surface area contributed by atoms with E-state index in [1.54, 1.807) is 17.2 Å². The van der Waals surface area contributed by atoms with Crippen LogP contribution in [0.3, 0.4) is 0 Å². The Balaban J connectivity index is 2.17. The number of anilines is 2. The molecule has 1 aromatic heterocycles. The van der Waals surface area contributed by atoms with Gasteiger partial charge < -0.3 is 20.8 Å². The van der Waals surface area contributed by atoms with Crippen molar-refractivity contribution in [3.63, 3.8) is 0 Å². The smallest absolute Gasteiger partial charge is 0.221 e. The Morgan fingerprint density at radius 2 is 2.00 bits per heavy atom. The molecule has 0 saturated carbocycles. The highest BCUT2D eigenvalue weighted by Crippen LogP contribution is 2.18. The summed E-state index contributed by atoms with van der Waals surface area (Å²) in [6.07, 6.45) is 0.117. The Morgan fingerprint density at radius 1 is 1.36 bits per heavy atom. The average molecular weight is 196 g/mol. The second kappa shape index (κ2) is 3.39. The van der Waals surface area contributed by atoms with Crippen molar-refractivity contribution in [3.8, 4) is 0 Å². The number of hydrogen-bond acceptors (Lipinski definition) is 6. The lowest BCUT2D eigenvalue weighted by Crippen LogP contribution is -2.22. The lowest BCUT2D eigenvalue weighted by Gasteiger charge is -2.15. The van der Waals surface area contributed by atoms with Crippen LogP contribution in [0.5, 0.6) is 0 Å². The predicted molar refractivity (Wildman–Crippen MR) is 50.7 cm³/mol. The summed E-state index contributed by atoms with van der Waals surface area (Å²) in [6.45, 7) is 0.745. The van der Waals surface area contributed by atoms with Gasteiger partial charge in [-0.15, -0.1) is 0 Å². The molecule has 6 heteroatoms. The first-order valence-electron chi connectivity index (χ1n) is 4.36. The van der Waals surface area contributed by atoms with Crippen LogP contribution in [-0.2, 0) is 0 Å². The number of hydrogen-bond donors (Lipinski definition) is 3. The Morgan fingerprint density at radius 3 is 2.57 bits per heavy atom. The molecule has 0 bridgehead atoms. The second-order valence-electron chi connectivity index (χ2n) is 3.31. The molecule has 1 fully saturated rings. The van der Waals surface area contributed by atoms with Crippen molar-refractivity contribution >= 4 is 11.8 Å². The van der Waals surface area contributed by atoms with E-state index in [0.717, 1.165) is 0 Å². The van der Waals surface area contributed by atoms with Crippen LogP contribution in [0, 0.1) is 0 Å². The van der Waals surface area contributed by atoms with E-state index in [1.165, 1.54) is 0 Å². The zero-order valence-electron chi connectivity index (χ0n) is 7.54. The van der Waals surface area contributed by atoms with Gasteiger partial charge in [0.1, 0.15) is 5.82 Å². The molecule has 2 atom stereocenters. The number of nitrogen functional groups attached to an aromatic ring is 1. The Hall–Kier alpha value is -1.40. The van der Waals surface area contributed by atoms with Crippen molar-refractivity contribution < 1.29 is 10.2 Å². The summed E-state index contributed by atoms with van der Waals surface area (Å²) in [5.74, 6) is 0.825. The highest BCUT2D eigenvalue weighted by Gasteiger charge is 2.30. The minimum absolute atomic E-state index is 0.193. The van der Waals surface area contributed by atoms with E-state index in [1.807, 2.05) is 0 Å². The number of β-amino-alcohol motifs (C(OH)–C–C–N with tert-alkyl or cyclic N) is 2. The minimum Gasteiger partial charge on any atom is -0.389 e. The van der Waals surface area contributed by atoms with E-state index in [2.05, 4.69) is 9.97 Å². The van der Waals surface area contributed by atoms with Gasteiger partial charge in [-0.3, -0.25) is 0 Å². The summed E-state index contributed by atoms with van der Waals surface area (Å²) in [7, 11) is 0. The molecular formula is C8H12N4O2. The van der Waals surface area contributed by atoms with Gasteiger partial charge in [0, 0.05) is 19.3 Å². The van der Waals surface area contributed by atoms with E-state index in [4.69, 9.17) is 5.73 Å². The number of nitrogens with zero attached hydrogens (tertiary/aromatic N) is 3. The van der Waals surface area contributed by atoms with E-state index < -0.39 is 12.2 Å². The molecule has 2 unspecified atom stereocenters. The van der Waals surface area contributed by atoms with Gasteiger partial charge in [-0.05, 0) is 6.07 Å². The van der Waals surface area contributed by atoms with Gasteiger partial charge >= 0.3 is 0 Å². The van der Waals surface area contributed by atoms with Crippen LogP contribution in [-0.4, -0.2) is 45.5 Å². The summed E-state index contributed by atoms with van der Waals surface area (Å²) in [6, 6.07) is 1.70. The van der Waals surface area contributed by atoms with Crippen LogP contribution in [0.4, 0.5) is 11.8 Å². The van der Waals surface area contributed by atoms with Gasteiger partial charge in [0.2, 0.25) is 5.95 Å². The molecule has 14 heavy (non-hydrogen) atoms. The summed E-state index contributed by atoms with van der Waals surface area (Å²) in [4.78, 5) is 9.53. The number of rotatable bonds is 1. The molecule has 76 valence electrons. The Kier molecular flexibility index (Phi) is 2.22. The first-order chi connectivity index (χ1) is 6.66. The third kappa shape index (κ3) is 1.61. The number of aromatic nitrogens is 2. The normalized spacial score (nSPS) is 26.9. The van der Waals surface area contributed by atoms with Gasteiger partial charge in [0.05, 0.1) is 12.2 Å². The fourth-order valence-electron chi connectivity index (χ4n) is 1.50. The SMILES string of the molecule is Nc1nccc(N2CC(O)C(O)C2)n1. The van der Waals surface area contributed by atoms with Crippen molar-refractivity contribution in [3.05, 3.63) is 12.3 Å². The molecule has 0 aromatic carbocycles. The molecule has 1 aliphatic heterocycles. The third-order valence-corrected chi connectivity index (χ3v) is 2.24. The second-order valence-corrected chi connectivity index (χ2v) is 3.31.